The maximum atomic E-state index is 12.2. The number of carbonyl (C=O) groups is 2. The number of hydrogen-bond acceptors (Lipinski definition) is 7. The number of nitrogens with zero attached hydrogens (tertiary/aromatic N) is 1. The molecular weight excluding hydrogens is 450 g/mol. The molecule has 0 aliphatic heterocycles. The van der Waals surface area contributed by atoms with E-state index in [4.69, 9.17) is 16.3 Å². The van der Waals surface area contributed by atoms with Gasteiger partial charge < -0.3 is 4.74 Å². The Kier molecular flexibility index (Phi) is 6.83. The van der Waals surface area contributed by atoms with Crippen LogP contribution in [0.5, 0.6) is 0 Å². The minimum atomic E-state index is -3.70. The third-order valence-electron chi connectivity index (χ3n) is 3.88. The quantitative estimate of drug-likeness (QED) is 0.518. The molecule has 0 fully saturated rings. The van der Waals surface area contributed by atoms with Gasteiger partial charge in [0.05, 0.1) is 16.2 Å². The molecule has 2 aromatic carbocycles. The van der Waals surface area contributed by atoms with Crippen molar-refractivity contribution >= 4 is 50.0 Å². The Morgan fingerprint density at radius 1 is 1.17 bits per heavy atom. The van der Waals surface area contributed by atoms with E-state index in [0.717, 1.165) is 5.56 Å². The lowest BCUT2D eigenvalue weighted by atomic mass is 10.2. The molecule has 156 valence electrons. The Morgan fingerprint density at radius 2 is 1.93 bits per heavy atom. The molecule has 0 unspecified atom stereocenters. The first-order valence-corrected chi connectivity index (χ1v) is 11.3. The SMILES string of the molecule is CNS(=O)(=O)c1cccc(C(=O)OCC(=O)Nc2nc(-c3ccccc3Cl)cs2)c1. The molecule has 1 heterocycles. The van der Waals surface area contributed by atoms with Crippen LogP contribution < -0.4 is 10.0 Å². The molecule has 0 saturated carbocycles. The second-order valence-corrected chi connectivity index (χ2v) is 9.03. The van der Waals surface area contributed by atoms with E-state index < -0.39 is 28.5 Å². The fourth-order valence-corrected chi connectivity index (χ4v) is 4.14. The van der Waals surface area contributed by atoms with Gasteiger partial charge in [0, 0.05) is 16.0 Å². The summed E-state index contributed by atoms with van der Waals surface area (Å²) in [6.45, 7) is -0.553. The number of benzene rings is 2. The van der Waals surface area contributed by atoms with Gasteiger partial charge >= 0.3 is 5.97 Å². The van der Waals surface area contributed by atoms with E-state index in [-0.39, 0.29) is 10.5 Å². The van der Waals surface area contributed by atoms with Crippen LogP contribution in [0.4, 0.5) is 5.13 Å². The van der Waals surface area contributed by atoms with E-state index in [1.54, 1.807) is 17.5 Å². The highest BCUT2D eigenvalue weighted by molar-refractivity contribution is 7.89. The predicted molar refractivity (Wildman–Crippen MR) is 114 cm³/mol. The fourth-order valence-electron chi connectivity index (χ4n) is 2.40. The lowest BCUT2D eigenvalue weighted by Crippen LogP contribution is -2.21. The van der Waals surface area contributed by atoms with Crippen molar-refractivity contribution in [3.63, 3.8) is 0 Å². The molecule has 3 rings (SSSR count). The molecule has 3 aromatic rings. The van der Waals surface area contributed by atoms with Gasteiger partial charge in [-0.25, -0.2) is 22.9 Å². The normalized spacial score (nSPS) is 11.1. The smallest absolute Gasteiger partial charge is 0.338 e. The molecule has 0 atom stereocenters. The predicted octanol–water partition coefficient (Wildman–Crippen LogP) is 3.17. The van der Waals surface area contributed by atoms with Crippen LogP contribution in [0.1, 0.15) is 10.4 Å². The molecule has 11 heteroatoms. The lowest BCUT2D eigenvalue weighted by molar-refractivity contribution is -0.119. The zero-order valence-corrected chi connectivity index (χ0v) is 18.0. The summed E-state index contributed by atoms with van der Waals surface area (Å²) in [5.74, 6) is -1.41. The van der Waals surface area contributed by atoms with Gasteiger partial charge in [0.2, 0.25) is 10.0 Å². The number of carbonyl (C=O) groups excluding carboxylic acids is 2. The molecular formula is C19H16ClN3O5S2. The molecule has 0 radical (unpaired) electrons. The zero-order chi connectivity index (χ0) is 21.7. The van der Waals surface area contributed by atoms with Crippen LogP contribution in [-0.4, -0.2) is 38.9 Å². The maximum absolute atomic E-state index is 12.2. The maximum Gasteiger partial charge on any atom is 0.338 e. The van der Waals surface area contributed by atoms with E-state index in [2.05, 4.69) is 15.0 Å². The summed E-state index contributed by atoms with van der Waals surface area (Å²) < 4.78 is 30.8. The van der Waals surface area contributed by atoms with E-state index in [1.165, 1.54) is 42.6 Å². The summed E-state index contributed by atoms with van der Waals surface area (Å²) in [5, 5.41) is 5.16. The highest BCUT2D eigenvalue weighted by Gasteiger charge is 2.16. The van der Waals surface area contributed by atoms with Crippen molar-refractivity contribution < 1.29 is 22.7 Å². The number of amides is 1. The molecule has 2 N–H and O–H groups in total. The topological polar surface area (TPSA) is 114 Å². The Hall–Kier alpha value is -2.79. The van der Waals surface area contributed by atoms with Gasteiger partial charge in [0.15, 0.2) is 11.7 Å². The lowest BCUT2D eigenvalue weighted by Gasteiger charge is -2.07. The Labute approximate surface area is 181 Å². The van der Waals surface area contributed by atoms with Gasteiger partial charge in [-0.2, -0.15) is 0 Å². The Balaban J connectivity index is 1.60. The molecule has 8 nitrogen and oxygen atoms in total. The van der Waals surface area contributed by atoms with E-state index in [0.29, 0.717) is 15.8 Å². The van der Waals surface area contributed by atoms with Gasteiger partial charge in [-0.05, 0) is 31.3 Å². The molecule has 0 saturated heterocycles. The second kappa shape index (κ2) is 9.35. The van der Waals surface area contributed by atoms with Gasteiger partial charge in [0.1, 0.15) is 0 Å². The number of rotatable bonds is 7. The van der Waals surface area contributed by atoms with Crippen LogP contribution >= 0.6 is 22.9 Å². The number of hydrogen-bond donors (Lipinski definition) is 2. The monoisotopic (exact) mass is 465 g/mol. The van der Waals surface area contributed by atoms with Gasteiger partial charge in [0.25, 0.3) is 5.91 Å². The van der Waals surface area contributed by atoms with Crippen molar-refractivity contribution in [1.29, 1.82) is 0 Å². The molecule has 1 aromatic heterocycles. The first kappa shape index (κ1) is 21.9. The van der Waals surface area contributed by atoms with Crippen LogP contribution in [0, 0.1) is 0 Å². The van der Waals surface area contributed by atoms with Crippen LogP contribution in [0.2, 0.25) is 5.02 Å². The van der Waals surface area contributed by atoms with Crippen LogP contribution in [-0.2, 0) is 19.6 Å². The summed E-state index contributed by atoms with van der Waals surface area (Å²) in [4.78, 5) is 28.4. The van der Waals surface area contributed by atoms with Crippen molar-refractivity contribution in [3.05, 3.63) is 64.5 Å². The van der Waals surface area contributed by atoms with Gasteiger partial charge in [-0.15, -0.1) is 11.3 Å². The fraction of sp³-hybridized carbons (Fsp3) is 0.105. The van der Waals surface area contributed by atoms with Crippen molar-refractivity contribution in [2.24, 2.45) is 0 Å². The highest BCUT2D eigenvalue weighted by atomic mass is 35.5. The summed E-state index contributed by atoms with van der Waals surface area (Å²) in [6.07, 6.45) is 0. The van der Waals surface area contributed by atoms with Crippen molar-refractivity contribution in [2.45, 2.75) is 4.90 Å². The summed E-state index contributed by atoms with van der Waals surface area (Å²) in [6, 6.07) is 12.5. The summed E-state index contributed by atoms with van der Waals surface area (Å²) in [7, 11) is -2.44. The number of anilines is 1. The number of nitrogens with one attached hydrogen (secondary N) is 2. The van der Waals surface area contributed by atoms with Crippen molar-refractivity contribution in [2.75, 3.05) is 19.0 Å². The van der Waals surface area contributed by atoms with E-state index in [1.807, 2.05) is 12.1 Å². The molecule has 30 heavy (non-hydrogen) atoms. The minimum Gasteiger partial charge on any atom is -0.452 e. The second-order valence-electron chi connectivity index (χ2n) is 5.88. The van der Waals surface area contributed by atoms with Crippen LogP contribution in [0.25, 0.3) is 11.3 Å². The molecule has 0 bridgehead atoms. The largest absolute Gasteiger partial charge is 0.452 e. The molecule has 0 aliphatic rings. The number of esters is 1. The average molecular weight is 466 g/mol. The van der Waals surface area contributed by atoms with Gasteiger partial charge in [-0.1, -0.05) is 35.9 Å². The number of ether oxygens (including phenoxy) is 1. The van der Waals surface area contributed by atoms with Crippen LogP contribution in [0.3, 0.4) is 0 Å². The standard InChI is InChI=1S/C19H16ClN3O5S2/c1-21-30(26,27)13-6-4-5-12(9-13)18(25)28-10-17(24)23-19-22-16(11-29-19)14-7-2-3-8-15(14)20/h2-9,11,21H,10H2,1H3,(H,22,23,24). The number of sulfonamides is 1. The molecule has 1 amide bonds. The third-order valence-corrected chi connectivity index (χ3v) is 6.38. The minimum absolute atomic E-state index is 0.00868. The third kappa shape index (κ3) is 5.22. The highest BCUT2D eigenvalue weighted by Crippen LogP contribution is 2.30. The number of thiazole rings is 1. The number of aromatic nitrogens is 1. The number of halogens is 1. The van der Waals surface area contributed by atoms with Crippen molar-refractivity contribution in [1.82, 2.24) is 9.71 Å². The molecule has 0 aliphatic carbocycles. The summed E-state index contributed by atoms with van der Waals surface area (Å²) >= 11 is 7.35. The Morgan fingerprint density at radius 3 is 2.67 bits per heavy atom. The first-order chi connectivity index (χ1) is 14.3. The van der Waals surface area contributed by atoms with Crippen molar-refractivity contribution in [3.8, 4) is 11.3 Å². The van der Waals surface area contributed by atoms with E-state index in [9.17, 15) is 18.0 Å². The molecule has 0 spiro atoms. The van der Waals surface area contributed by atoms with Crippen LogP contribution in [0.15, 0.2) is 58.8 Å². The first-order valence-electron chi connectivity index (χ1n) is 8.51. The average Bonchev–Trinajstić information content (AvgIpc) is 3.20. The summed E-state index contributed by atoms with van der Waals surface area (Å²) in [5.41, 5.74) is 1.36. The Bertz CT molecular complexity index is 1190. The van der Waals surface area contributed by atoms with Gasteiger partial charge in [-0.3, -0.25) is 10.1 Å². The van der Waals surface area contributed by atoms with E-state index >= 15 is 0 Å². The zero-order valence-electron chi connectivity index (χ0n) is 15.6.